The first kappa shape index (κ1) is 18.6. The van der Waals surface area contributed by atoms with E-state index in [-0.39, 0.29) is 6.54 Å². The normalized spacial score (nSPS) is 11.6. The van der Waals surface area contributed by atoms with Gasteiger partial charge >= 0.3 is 6.09 Å². The highest BCUT2D eigenvalue weighted by molar-refractivity contribution is 5.93. The van der Waals surface area contributed by atoms with Crippen LogP contribution < -0.4 is 15.8 Å². The summed E-state index contributed by atoms with van der Waals surface area (Å²) in [6.45, 7) is 6.22. The lowest BCUT2D eigenvalue weighted by Crippen LogP contribution is -2.32. The SMILES string of the molecule is COc1cc(Cn2ccc(CNC(=O)OC(C)(C)C)n2)cc2onc(N)c12. The third-order valence-corrected chi connectivity index (χ3v) is 3.70. The third-order valence-electron chi connectivity index (χ3n) is 3.70. The quantitative estimate of drug-likeness (QED) is 0.706. The van der Waals surface area contributed by atoms with Crippen LogP contribution in [0, 0.1) is 0 Å². The zero-order chi connectivity index (χ0) is 19.6. The lowest BCUT2D eigenvalue weighted by Gasteiger charge is -2.19. The van der Waals surface area contributed by atoms with Crippen molar-refractivity contribution in [2.45, 2.75) is 39.5 Å². The number of hydrogen-bond donors (Lipinski definition) is 2. The van der Waals surface area contributed by atoms with Gasteiger partial charge < -0.3 is 25.0 Å². The van der Waals surface area contributed by atoms with E-state index in [0.29, 0.717) is 29.1 Å². The molecule has 1 amide bonds. The summed E-state index contributed by atoms with van der Waals surface area (Å²) >= 11 is 0. The molecule has 0 saturated heterocycles. The topological polar surface area (TPSA) is 117 Å². The van der Waals surface area contributed by atoms with Crippen molar-refractivity contribution >= 4 is 22.9 Å². The van der Waals surface area contributed by atoms with Gasteiger partial charge in [-0.1, -0.05) is 5.16 Å². The first-order chi connectivity index (χ1) is 12.7. The summed E-state index contributed by atoms with van der Waals surface area (Å²) in [7, 11) is 1.57. The number of hydrogen-bond acceptors (Lipinski definition) is 7. The van der Waals surface area contributed by atoms with Crippen molar-refractivity contribution < 1.29 is 18.8 Å². The standard InChI is InChI=1S/C18H23N5O4/c1-18(2,3)26-17(24)20-9-12-5-6-23(21-12)10-11-7-13(25-4)15-14(8-11)27-22-16(15)19/h5-8H,9-10H2,1-4H3,(H2,19,22)(H,20,24). The molecule has 9 heteroatoms. The van der Waals surface area contributed by atoms with E-state index in [0.717, 1.165) is 11.3 Å². The molecule has 144 valence electrons. The molecule has 0 aliphatic carbocycles. The molecule has 3 rings (SSSR count). The van der Waals surface area contributed by atoms with E-state index < -0.39 is 11.7 Å². The molecule has 0 fully saturated rings. The van der Waals surface area contributed by atoms with Gasteiger partial charge in [0, 0.05) is 6.20 Å². The number of amides is 1. The molecule has 0 radical (unpaired) electrons. The summed E-state index contributed by atoms with van der Waals surface area (Å²) in [5.41, 5.74) is 7.47. The molecule has 27 heavy (non-hydrogen) atoms. The smallest absolute Gasteiger partial charge is 0.407 e. The lowest BCUT2D eigenvalue weighted by molar-refractivity contribution is 0.0523. The number of nitrogens with two attached hydrogens (primary N) is 1. The average Bonchev–Trinajstić information content (AvgIpc) is 3.18. The zero-order valence-electron chi connectivity index (χ0n) is 15.8. The van der Waals surface area contributed by atoms with Crippen LogP contribution in [0.1, 0.15) is 32.0 Å². The molecule has 0 bridgehead atoms. The number of methoxy groups -OCH3 is 1. The summed E-state index contributed by atoms with van der Waals surface area (Å²) in [4.78, 5) is 11.7. The number of nitrogen functional groups attached to an aromatic ring is 1. The molecule has 1 aromatic carbocycles. The molecular weight excluding hydrogens is 350 g/mol. The molecule has 0 unspecified atom stereocenters. The molecule has 0 aliphatic rings. The van der Waals surface area contributed by atoms with E-state index in [1.54, 1.807) is 11.8 Å². The van der Waals surface area contributed by atoms with Gasteiger partial charge in [0.2, 0.25) is 0 Å². The van der Waals surface area contributed by atoms with Crippen LogP contribution in [0.25, 0.3) is 11.0 Å². The molecule has 0 aliphatic heterocycles. The summed E-state index contributed by atoms with van der Waals surface area (Å²) in [5.74, 6) is 0.892. The Bertz CT molecular complexity index is 954. The summed E-state index contributed by atoms with van der Waals surface area (Å²) in [5, 5.41) is 11.6. The number of rotatable bonds is 5. The number of alkyl carbamates (subject to hydrolysis) is 1. The van der Waals surface area contributed by atoms with Gasteiger partial charge in [0.15, 0.2) is 11.4 Å². The predicted molar refractivity (Wildman–Crippen MR) is 99.4 cm³/mol. The first-order valence-corrected chi connectivity index (χ1v) is 8.46. The van der Waals surface area contributed by atoms with Gasteiger partial charge in [0.05, 0.1) is 25.9 Å². The maximum absolute atomic E-state index is 11.7. The summed E-state index contributed by atoms with van der Waals surface area (Å²) in [6, 6.07) is 5.55. The van der Waals surface area contributed by atoms with E-state index in [1.165, 1.54) is 0 Å². The van der Waals surface area contributed by atoms with Crippen LogP contribution in [0.3, 0.4) is 0 Å². The van der Waals surface area contributed by atoms with Crippen LogP contribution in [-0.4, -0.2) is 33.7 Å². The van der Waals surface area contributed by atoms with E-state index in [4.69, 9.17) is 19.7 Å². The van der Waals surface area contributed by atoms with E-state index in [9.17, 15) is 4.79 Å². The fraction of sp³-hybridized carbons (Fsp3) is 0.389. The zero-order valence-corrected chi connectivity index (χ0v) is 15.8. The number of anilines is 1. The second kappa shape index (κ2) is 7.18. The highest BCUT2D eigenvalue weighted by Gasteiger charge is 2.16. The molecule has 2 heterocycles. The van der Waals surface area contributed by atoms with Gasteiger partial charge in [-0.2, -0.15) is 5.10 Å². The Morgan fingerprint density at radius 1 is 1.37 bits per heavy atom. The van der Waals surface area contributed by atoms with Gasteiger partial charge in [-0.05, 0) is 44.5 Å². The number of nitrogens with zero attached hydrogens (tertiary/aromatic N) is 3. The van der Waals surface area contributed by atoms with Crippen molar-refractivity contribution in [3.8, 4) is 5.75 Å². The van der Waals surface area contributed by atoms with E-state index in [1.807, 2.05) is 45.2 Å². The molecule has 9 nitrogen and oxygen atoms in total. The predicted octanol–water partition coefficient (Wildman–Crippen LogP) is 2.69. The Kier molecular flexibility index (Phi) is 4.93. The van der Waals surface area contributed by atoms with Crippen LogP contribution >= 0.6 is 0 Å². The second-order valence-electron chi connectivity index (χ2n) is 7.10. The minimum Gasteiger partial charge on any atom is -0.496 e. The number of benzene rings is 1. The highest BCUT2D eigenvalue weighted by Crippen LogP contribution is 2.32. The Balaban J connectivity index is 1.67. The number of fused-ring (bicyclic) bond motifs is 1. The van der Waals surface area contributed by atoms with Crippen molar-refractivity contribution in [3.63, 3.8) is 0 Å². The Hall–Kier alpha value is -3.23. The Morgan fingerprint density at radius 3 is 2.85 bits per heavy atom. The van der Waals surface area contributed by atoms with Crippen LogP contribution in [0.4, 0.5) is 10.6 Å². The number of carbonyl (C=O) groups is 1. The fourth-order valence-electron chi connectivity index (χ4n) is 2.61. The average molecular weight is 373 g/mol. The molecule has 2 aromatic heterocycles. The molecule has 3 aromatic rings. The maximum Gasteiger partial charge on any atom is 0.407 e. The van der Waals surface area contributed by atoms with Crippen molar-refractivity contribution in [1.82, 2.24) is 20.3 Å². The van der Waals surface area contributed by atoms with Gasteiger partial charge in [-0.25, -0.2) is 4.79 Å². The van der Waals surface area contributed by atoms with E-state index >= 15 is 0 Å². The first-order valence-electron chi connectivity index (χ1n) is 8.46. The molecule has 0 spiro atoms. The summed E-state index contributed by atoms with van der Waals surface area (Å²) < 4.78 is 17.6. The van der Waals surface area contributed by atoms with Crippen molar-refractivity contribution in [2.75, 3.05) is 12.8 Å². The Labute approximate surface area is 156 Å². The van der Waals surface area contributed by atoms with Crippen LogP contribution in [0.15, 0.2) is 28.9 Å². The molecular formula is C18H23N5O4. The fourth-order valence-corrected chi connectivity index (χ4v) is 2.61. The number of ether oxygens (including phenoxy) is 2. The van der Waals surface area contributed by atoms with Gasteiger partial charge in [0.25, 0.3) is 0 Å². The summed E-state index contributed by atoms with van der Waals surface area (Å²) in [6.07, 6.45) is 1.35. The number of nitrogens with one attached hydrogen (secondary N) is 1. The third kappa shape index (κ3) is 4.49. The van der Waals surface area contributed by atoms with Crippen LogP contribution in [0.5, 0.6) is 5.75 Å². The molecule has 3 N–H and O–H groups in total. The number of aromatic nitrogens is 3. The largest absolute Gasteiger partial charge is 0.496 e. The minimum atomic E-state index is -0.536. The highest BCUT2D eigenvalue weighted by atomic mass is 16.6. The van der Waals surface area contributed by atoms with Gasteiger partial charge in [-0.15, -0.1) is 0 Å². The maximum atomic E-state index is 11.7. The van der Waals surface area contributed by atoms with Crippen LogP contribution in [0.2, 0.25) is 0 Å². The van der Waals surface area contributed by atoms with Crippen molar-refractivity contribution in [2.24, 2.45) is 0 Å². The van der Waals surface area contributed by atoms with Crippen molar-refractivity contribution in [3.05, 3.63) is 35.7 Å². The minimum absolute atomic E-state index is 0.281. The molecule has 0 atom stereocenters. The number of carbonyl (C=O) groups excluding carboxylic acids is 1. The van der Waals surface area contributed by atoms with Gasteiger partial charge in [0.1, 0.15) is 16.7 Å². The van der Waals surface area contributed by atoms with Gasteiger partial charge in [-0.3, -0.25) is 4.68 Å². The Morgan fingerprint density at radius 2 is 2.15 bits per heavy atom. The monoisotopic (exact) mass is 373 g/mol. The van der Waals surface area contributed by atoms with Crippen molar-refractivity contribution in [1.29, 1.82) is 0 Å². The van der Waals surface area contributed by atoms with Crippen LogP contribution in [-0.2, 0) is 17.8 Å². The van der Waals surface area contributed by atoms with E-state index in [2.05, 4.69) is 15.6 Å². The molecule has 0 saturated carbocycles. The lowest BCUT2D eigenvalue weighted by atomic mass is 10.1. The second-order valence-corrected chi connectivity index (χ2v) is 7.10.